The fourth-order valence-electron chi connectivity index (χ4n) is 2.90. The molecule has 3 rings (SSSR count). The van der Waals surface area contributed by atoms with Crippen LogP contribution in [0.3, 0.4) is 0 Å². The molecule has 0 aliphatic carbocycles. The second-order valence-electron chi connectivity index (χ2n) is 6.31. The molecule has 28 heavy (non-hydrogen) atoms. The monoisotopic (exact) mass is 380 g/mol. The number of carbonyl (C=O) groups is 4. The topological polar surface area (TPSA) is 116 Å². The van der Waals surface area contributed by atoms with Gasteiger partial charge in [0.1, 0.15) is 6.04 Å². The molecule has 1 aliphatic heterocycles. The summed E-state index contributed by atoms with van der Waals surface area (Å²) in [6.07, 6.45) is 0.172. The summed E-state index contributed by atoms with van der Waals surface area (Å²) in [5, 5.41) is 10.6. The van der Waals surface area contributed by atoms with Crippen LogP contribution in [0.2, 0.25) is 0 Å². The predicted molar refractivity (Wildman–Crippen MR) is 104 cm³/mol. The molecule has 144 valence electrons. The van der Waals surface area contributed by atoms with Gasteiger partial charge in [0.25, 0.3) is 11.8 Å². The maximum Gasteiger partial charge on any atom is 0.254 e. The maximum atomic E-state index is 12.3. The third kappa shape index (κ3) is 4.35. The van der Waals surface area contributed by atoms with Gasteiger partial charge in [0, 0.05) is 24.7 Å². The van der Waals surface area contributed by atoms with Crippen LogP contribution < -0.4 is 21.3 Å². The molecule has 1 atom stereocenters. The highest BCUT2D eigenvalue weighted by molar-refractivity contribution is 6.10. The van der Waals surface area contributed by atoms with Crippen molar-refractivity contribution in [3.8, 4) is 0 Å². The number of fused-ring (bicyclic) bond motifs is 1. The molecule has 2 aromatic rings. The number of nitrogens with one attached hydrogen (secondary N) is 4. The van der Waals surface area contributed by atoms with Gasteiger partial charge in [-0.05, 0) is 36.8 Å². The van der Waals surface area contributed by atoms with Crippen molar-refractivity contribution >= 4 is 35.0 Å². The zero-order valence-corrected chi connectivity index (χ0v) is 15.2. The first-order chi connectivity index (χ1) is 13.5. The molecule has 8 nitrogen and oxygen atoms in total. The van der Waals surface area contributed by atoms with Gasteiger partial charge >= 0.3 is 0 Å². The molecule has 4 N–H and O–H groups in total. The molecule has 4 amide bonds. The van der Waals surface area contributed by atoms with Gasteiger partial charge < -0.3 is 21.3 Å². The summed E-state index contributed by atoms with van der Waals surface area (Å²) < 4.78 is 0. The minimum Gasteiger partial charge on any atom is -0.355 e. The Bertz CT molecular complexity index is 941. The van der Waals surface area contributed by atoms with E-state index in [9.17, 15) is 19.2 Å². The number of rotatable bonds is 5. The van der Waals surface area contributed by atoms with E-state index < -0.39 is 6.04 Å². The molecule has 0 fully saturated rings. The molecule has 0 saturated heterocycles. The van der Waals surface area contributed by atoms with E-state index in [1.54, 1.807) is 48.5 Å². The van der Waals surface area contributed by atoms with Crippen LogP contribution >= 0.6 is 0 Å². The average molecular weight is 380 g/mol. The Morgan fingerprint density at radius 2 is 1.86 bits per heavy atom. The number of benzene rings is 2. The molecule has 1 aliphatic rings. The summed E-state index contributed by atoms with van der Waals surface area (Å²) in [6.45, 7) is 0. The SMILES string of the molecule is CNC(=O)c1cccc(NC(=O)CC[C@@H]2NC(=O)c3ccccc3NC2=O)c1. The average Bonchev–Trinajstić information content (AvgIpc) is 2.82. The van der Waals surface area contributed by atoms with Gasteiger partial charge in [-0.3, -0.25) is 19.2 Å². The molecule has 2 aromatic carbocycles. The molecular formula is C20H20N4O4. The van der Waals surface area contributed by atoms with Crippen LogP contribution in [-0.4, -0.2) is 36.7 Å². The van der Waals surface area contributed by atoms with Gasteiger partial charge in [-0.1, -0.05) is 18.2 Å². The molecule has 0 bridgehead atoms. The zero-order chi connectivity index (χ0) is 20.1. The van der Waals surface area contributed by atoms with Crippen molar-refractivity contribution in [2.75, 3.05) is 17.7 Å². The van der Waals surface area contributed by atoms with Crippen molar-refractivity contribution in [3.63, 3.8) is 0 Å². The van der Waals surface area contributed by atoms with E-state index in [4.69, 9.17) is 0 Å². The highest BCUT2D eigenvalue weighted by Gasteiger charge is 2.27. The van der Waals surface area contributed by atoms with E-state index in [2.05, 4.69) is 21.3 Å². The van der Waals surface area contributed by atoms with Crippen molar-refractivity contribution in [1.82, 2.24) is 10.6 Å². The fourth-order valence-corrected chi connectivity index (χ4v) is 2.90. The first kappa shape index (κ1) is 19.1. The van der Waals surface area contributed by atoms with E-state index in [0.29, 0.717) is 22.5 Å². The first-order valence-corrected chi connectivity index (χ1v) is 8.80. The summed E-state index contributed by atoms with van der Waals surface area (Å²) in [5.41, 5.74) is 1.73. The lowest BCUT2D eigenvalue weighted by Gasteiger charge is -2.14. The molecule has 8 heteroatoms. The molecule has 0 spiro atoms. The van der Waals surface area contributed by atoms with E-state index in [0.717, 1.165) is 0 Å². The smallest absolute Gasteiger partial charge is 0.254 e. The summed E-state index contributed by atoms with van der Waals surface area (Å²) in [4.78, 5) is 48.5. The van der Waals surface area contributed by atoms with Crippen LogP contribution in [0.1, 0.15) is 33.6 Å². The second kappa shape index (κ2) is 8.34. The zero-order valence-electron chi connectivity index (χ0n) is 15.2. The van der Waals surface area contributed by atoms with Crippen LogP contribution in [0.5, 0.6) is 0 Å². The number of anilines is 2. The van der Waals surface area contributed by atoms with Crippen LogP contribution in [0.25, 0.3) is 0 Å². The van der Waals surface area contributed by atoms with Gasteiger partial charge in [0.2, 0.25) is 11.8 Å². The second-order valence-corrected chi connectivity index (χ2v) is 6.31. The molecule has 0 radical (unpaired) electrons. The lowest BCUT2D eigenvalue weighted by atomic mass is 10.1. The number of hydrogen-bond acceptors (Lipinski definition) is 4. The quantitative estimate of drug-likeness (QED) is 0.629. The summed E-state index contributed by atoms with van der Waals surface area (Å²) in [7, 11) is 1.53. The highest BCUT2D eigenvalue weighted by atomic mass is 16.2. The van der Waals surface area contributed by atoms with E-state index in [1.165, 1.54) is 7.05 Å². The lowest BCUT2D eigenvalue weighted by molar-refractivity contribution is -0.118. The summed E-state index contributed by atoms with van der Waals surface area (Å²) >= 11 is 0. The standard InChI is InChI=1S/C20H20N4O4/c1-21-18(26)12-5-4-6-13(11-12)22-17(25)10-9-16-20(28)23-15-8-3-2-7-14(15)19(27)24-16/h2-8,11,16H,9-10H2,1H3,(H,21,26)(H,22,25)(H,23,28)(H,24,27)/t16-/m0/s1. The number of carbonyl (C=O) groups excluding carboxylic acids is 4. The van der Waals surface area contributed by atoms with E-state index in [-0.39, 0.29) is 36.5 Å². The summed E-state index contributed by atoms with van der Waals surface area (Å²) in [5.74, 6) is -1.31. The lowest BCUT2D eigenvalue weighted by Crippen LogP contribution is -2.41. The van der Waals surface area contributed by atoms with Gasteiger partial charge in [-0.15, -0.1) is 0 Å². The Balaban J connectivity index is 1.60. The Morgan fingerprint density at radius 1 is 1.07 bits per heavy atom. The molecular weight excluding hydrogens is 360 g/mol. The summed E-state index contributed by atoms with van der Waals surface area (Å²) in [6, 6.07) is 12.4. The van der Waals surface area contributed by atoms with Gasteiger partial charge in [-0.25, -0.2) is 0 Å². The van der Waals surface area contributed by atoms with Crippen LogP contribution in [0, 0.1) is 0 Å². The molecule has 0 unspecified atom stereocenters. The number of hydrogen-bond donors (Lipinski definition) is 4. The molecule has 0 saturated carbocycles. The van der Waals surface area contributed by atoms with Crippen molar-refractivity contribution < 1.29 is 19.2 Å². The Hall–Kier alpha value is -3.68. The Labute approximate surface area is 161 Å². The fraction of sp³-hybridized carbons (Fsp3) is 0.200. The third-order valence-corrected chi connectivity index (χ3v) is 4.35. The van der Waals surface area contributed by atoms with Crippen molar-refractivity contribution in [2.45, 2.75) is 18.9 Å². The number of amides is 4. The van der Waals surface area contributed by atoms with Crippen LogP contribution in [-0.2, 0) is 9.59 Å². The van der Waals surface area contributed by atoms with E-state index >= 15 is 0 Å². The predicted octanol–water partition coefficient (Wildman–Crippen LogP) is 1.52. The maximum absolute atomic E-state index is 12.3. The highest BCUT2D eigenvalue weighted by Crippen LogP contribution is 2.19. The first-order valence-electron chi connectivity index (χ1n) is 8.80. The van der Waals surface area contributed by atoms with Gasteiger partial charge in [0.15, 0.2) is 0 Å². The Morgan fingerprint density at radius 3 is 2.64 bits per heavy atom. The molecule has 0 aromatic heterocycles. The normalized spacial score (nSPS) is 15.5. The van der Waals surface area contributed by atoms with Crippen molar-refractivity contribution in [1.29, 1.82) is 0 Å². The van der Waals surface area contributed by atoms with Crippen molar-refractivity contribution in [3.05, 3.63) is 59.7 Å². The minimum absolute atomic E-state index is 0.0267. The van der Waals surface area contributed by atoms with Crippen LogP contribution in [0.4, 0.5) is 11.4 Å². The van der Waals surface area contributed by atoms with Gasteiger partial charge in [0.05, 0.1) is 11.3 Å². The Kier molecular flexibility index (Phi) is 5.69. The van der Waals surface area contributed by atoms with Gasteiger partial charge in [-0.2, -0.15) is 0 Å². The third-order valence-electron chi connectivity index (χ3n) is 4.35. The van der Waals surface area contributed by atoms with E-state index in [1.807, 2.05) is 0 Å². The molecule has 1 heterocycles. The van der Waals surface area contributed by atoms with Crippen molar-refractivity contribution in [2.24, 2.45) is 0 Å². The number of para-hydroxylation sites is 1. The largest absolute Gasteiger partial charge is 0.355 e. The minimum atomic E-state index is -0.817. The van der Waals surface area contributed by atoms with Crippen LogP contribution in [0.15, 0.2) is 48.5 Å².